The molecule has 0 spiro atoms. The minimum Gasteiger partial charge on any atom is -0.369 e. The summed E-state index contributed by atoms with van der Waals surface area (Å²) in [6.45, 7) is 7.93. The molecular formula is C17H26N4O2. The van der Waals surface area contributed by atoms with E-state index in [1.165, 1.54) is 0 Å². The summed E-state index contributed by atoms with van der Waals surface area (Å²) in [7, 11) is 2.13. The molecule has 1 aliphatic heterocycles. The number of anilines is 2. The molecule has 1 saturated heterocycles. The highest BCUT2D eigenvalue weighted by Gasteiger charge is 2.16. The molecule has 126 valence electrons. The number of likely N-dealkylation sites (N-methyl/N-ethyl adjacent to an activating group) is 1. The molecule has 0 aliphatic carbocycles. The minimum absolute atomic E-state index is 0.00661. The Labute approximate surface area is 137 Å². The number of piperazine rings is 1. The molecular weight excluding hydrogens is 292 g/mol. The van der Waals surface area contributed by atoms with E-state index in [4.69, 9.17) is 0 Å². The Hall–Kier alpha value is -2.08. The standard InChI is InChI=1S/C17H26N4O2/c1-4-13(2)18-16(22)17(23)19-14-5-7-15(8-6-14)21-11-9-20(3)10-12-21/h5-8,13H,4,9-12H2,1-3H3,(H,18,22)(H,19,23)/t13-/m0/s1. The fourth-order valence-electron chi connectivity index (χ4n) is 2.40. The predicted octanol–water partition coefficient (Wildman–Crippen LogP) is 1.29. The van der Waals surface area contributed by atoms with Gasteiger partial charge < -0.3 is 20.4 Å². The van der Waals surface area contributed by atoms with Crippen molar-refractivity contribution in [2.45, 2.75) is 26.3 Å². The van der Waals surface area contributed by atoms with Crippen LogP contribution in [0.25, 0.3) is 0 Å². The van der Waals surface area contributed by atoms with Gasteiger partial charge in [0.1, 0.15) is 0 Å². The molecule has 1 aromatic rings. The highest BCUT2D eigenvalue weighted by Crippen LogP contribution is 2.19. The summed E-state index contributed by atoms with van der Waals surface area (Å²) in [5, 5.41) is 5.28. The van der Waals surface area contributed by atoms with E-state index in [0.717, 1.165) is 38.3 Å². The first-order valence-corrected chi connectivity index (χ1v) is 8.15. The number of hydrogen-bond acceptors (Lipinski definition) is 4. The van der Waals surface area contributed by atoms with E-state index in [9.17, 15) is 9.59 Å². The van der Waals surface area contributed by atoms with Crippen molar-refractivity contribution in [1.29, 1.82) is 0 Å². The summed E-state index contributed by atoms with van der Waals surface area (Å²) in [5.74, 6) is -1.22. The van der Waals surface area contributed by atoms with E-state index >= 15 is 0 Å². The van der Waals surface area contributed by atoms with Crippen molar-refractivity contribution < 1.29 is 9.59 Å². The fourth-order valence-corrected chi connectivity index (χ4v) is 2.40. The molecule has 23 heavy (non-hydrogen) atoms. The molecule has 1 atom stereocenters. The topological polar surface area (TPSA) is 64.7 Å². The summed E-state index contributed by atoms with van der Waals surface area (Å²) >= 11 is 0. The van der Waals surface area contributed by atoms with E-state index in [-0.39, 0.29) is 6.04 Å². The summed E-state index contributed by atoms with van der Waals surface area (Å²) in [4.78, 5) is 28.2. The van der Waals surface area contributed by atoms with Crippen molar-refractivity contribution in [3.8, 4) is 0 Å². The number of amides is 2. The Morgan fingerprint density at radius 1 is 1.09 bits per heavy atom. The van der Waals surface area contributed by atoms with Gasteiger partial charge in [-0.15, -0.1) is 0 Å². The third-order valence-electron chi connectivity index (χ3n) is 4.19. The third-order valence-corrected chi connectivity index (χ3v) is 4.19. The van der Waals surface area contributed by atoms with Crippen LogP contribution in [0.2, 0.25) is 0 Å². The Kier molecular flexibility index (Phi) is 5.98. The zero-order valence-corrected chi connectivity index (χ0v) is 14.1. The summed E-state index contributed by atoms with van der Waals surface area (Å²) in [5.41, 5.74) is 1.77. The summed E-state index contributed by atoms with van der Waals surface area (Å²) < 4.78 is 0. The van der Waals surface area contributed by atoms with Crippen LogP contribution in [0.1, 0.15) is 20.3 Å². The van der Waals surface area contributed by atoms with Crippen LogP contribution in [0.15, 0.2) is 24.3 Å². The fraction of sp³-hybridized carbons (Fsp3) is 0.529. The van der Waals surface area contributed by atoms with Crippen LogP contribution in [0.4, 0.5) is 11.4 Å². The number of carbonyl (C=O) groups excluding carboxylic acids is 2. The number of hydrogen-bond donors (Lipinski definition) is 2. The van der Waals surface area contributed by atoms with E-state index in [2.05, 4.69) is 27.5 Å². The summed E-state index contributed by atoms with van der Waals surface area (Å²) in [6.07, 6.45) is 0.790. The Morgan fingerprint density at radius 2 is 1.70 bits per heavy atom. The normalized spacial score (nSPS) is 16.7. The van der Waals surface area contributed by atoms with E-state index < -0.39 is 11.8 Å². The highest BCUT2D eigenvalue weighted by molar-refractivity contribution is 6.39. The van der Waals surface area contributed by atoms with Crippen molar-refractivity contribution in [2.75, 3.05) is 43.4 Å². The quantitative estimate of drug-likeness (QED) is 0.821. The predicted molar refractivity (Wildman–Crippen MR) is 92.7 cm³/mol. The van der Waals surface area contributed by atoms with Crippen LogP contribution in [0.5, 0.6) is 0 Å². The molecule has 2 N–H and O–H groups in total. The van der Waals surface area contributed by atoms with Gasteiger partial charge in [-0.25, -0.2) is 0 Å². The van der Waals surface area contributed by atoms with Gasteiger partial charge >= 0.3 is 11.8 Å². The molecule has 1 aromatic carbocycles. The van der Waals surface area contributed by atoms with Crippen molar-refractivity contribution in [3.05, 3.63) is 24.3 Å². The van der Waals surface area contributed by atoms with Crippen LogP contribution in [0.3, 0.4) is 0 Å². The van der Waals surface area contributed by atoms with Gasteiger partial charge in [0.2, 0.25) is 0 Å². The molecule has 1 heterocycles. The lowest BCUT2D eigenvalue weighted by molar-refractivity contribution is -0.136. The number of rotatable bonds is 4. The van der Waals surface area contributed by atoms with Gasteiger partial charge in [0, 0.05) is 43.6 Å². The average Bonchev–Trinajstić information content (AvgIpc) is 2.56. The Bertz CT molecular complexity index is 536. The average molecular weight is 318 g/mol. The van der Waals surface area contributed by atoms with Crippen LogP contribution in [0, 0.1) is 0 Å². The molecule has 2 rings (SSSR count). The van der Waals surface area contributed by atoms with Gasteiger partial charge in [0.15, 0.2) is 0 Å². The lowest BCUT2D eigenvalue weighted by Gasteiger charge is -2.34. The maximum absolute atomic E-state index is 11.8. The van der Waals surface area contributed by atoms with Crippen molar-refractivity contribution in [1.82, 2.24) is 10.2 Å². The molecule has 1 aliphatic rings. The second-order valence-corrected chi connectivity index (χ2v) is 6.07. The van der Waals surface area contributed by atoms with Crippen molar-refractivity contribution in [3.63, 3.8) is 0 Å². The Balaban J connectivity index is 1.89. The lowest BCUT2D eigenvalue weighted by atomic mass is 10.2. The SMILES string of the molecule is CC[C@H](C)NC(=O)C(=O)Nc1ccc(N2CCN(C)CC2)cc1. The van der Waals surface area contributed by atoms with Gasteiger partial charge in [-0.2, -0.15) is 0 Å². The van der Waals surface area contributed by atoms with Crippen LogP contribution < -0.4 is 15.5 Å². The van der Waals surface area contributed by atoms with E-state index in [1.807, 2.05) is 38.1 Å². The van der Waals surface area contributed by atoms with Crippen LogP contribution in [-0.4, -0.2) is 56.0 Å². The highest BCUT2D eigenvalue weighted by atomic mass is 16.2. The molecule has 6 heteroatoms. The molecule has 1 fully saturated rings. The third kappa shape index (κ3) is 4.96. The first-order chi connectivity index (χ1) is 11.0. The molecule has 0 radical (unpaired) electrons. The second kappa shape index (κ2) is 7.97. The number of nitrogens with zero attached hydrogens (tertiary/aromatic N) is 2. The van der Waals surface area contributed by atoms with E-state index in [0.29, 0.717) is 5.69 Å². The molecule has 0 unspecified atom stereocenters. The smallest absolute Gasteiger partial charge is 0.313 e. The zero-order chi connectivity index (χ0) is 16.8. The zero-order valence-electron chi connectivity index (χ0n) is 14.1. The lowest BCUT2D eigenvalue weighted by Crippen LogP contribution is -2.44. The monoisotopic (exact) mass is 318 g/mol. The molecule has 6 nitrogen and oxygen atoms in total. The summed E-state index contributed by atoms with van der Waals surface area (Å²) in [6, 6.07) is 7.62. The van der Waals surface area contributed by atoms with E-state index in [1.54, 1.807) is 0 Å². The maximum atomic E-state index is 11.8. The Morgan fingerprint density at radius 3 is 2.26 bits per heavy atom. The molecule has 0 bridgehead atoms. The number of nitrogens with one attached hydrogen (secondary N) is 2. The van der Waals surface area contributed by atoms with Crippen molar-refractivity contribution >= 4 is 23.2 Å². The molecule has 2 amide bonds. The van der Waals surface area contributed by atoms with Crippen LogP contribution >= 0.6 is 0 Å². The van der Waals surface area contributed by atoms with Gasteiger partial charge in [-0.05, 0) is 44.7 Å². The molecule has 0 saturated carbocycles. The minimum atomic E-state index is -0.627. The second-order valence-electron chi connectivity index (χ2n) is 6.07. The van der Waals surface area contributed by atoms with Gasteiger partial charge in [0.25, 0.3) is 0 Å². The van der Waals surface area contributed by atoms with Crippen LogP contribution in [-0.2, 0) is 9.59 Å². The van der Waals surface area contributed by atoms with Crippen molar-refractivity contribution in [2.24, 2.45) is 0 Å². The maximum Gasteiger partial charge on any atom is 0.313 e. The van der Waals surface area contributed by atoms with Gasteiger partial charge in [-0.1, -0.05) is 6.92 Å². The largest absolute Gasteiger partial charge is 0.369 e. The molecule has 0 aromatic heterocycles. The van der Waals surface area contributed by atoms with Gasteiger partial charge in [0.05, 0.1) is 0 Å². The number of benzene rings is 1. The first kappa shape index (κ1) is 17.3. The first-order valence-electron chi connectivity index (χ1n) is 8.15. The van der Waals surface area contributed by atoms with Gasteiger partial charge in [-0.3, -0.25) is 9.59 Å². The number of carbonyl (C=O) groups is 2.